The van der Waals surface area contributed by atoms with Crippen LogP contribution in [0.3, 0.4) is 0 Å². The molecule has 1 heterocycles. The summed E-state index contributed by atoms with van der Waals surface area (Å²) in [7, 11) is 0. The average molecular weight is 288 g/mol. The van der Waals surface area contributed by atoms with Crippen molar-refractivity contribution < 1.29 is 9.26 Å². The Morgan fingerprint density at radius 2 is 2.00 bits per heavy atom. The van der Waals surface area contributed by atoms with Crippen LogP contribution in [0.15, 0.2) is 16.7 Å². The molecule has 0 atom stereocenters. The monoisotopic (exact) mass is 287 g/mol. The van der Waals surface area contributed by atoms with Crippen LogP contribution in [0.5, 0.6) is 0 Å². The topological polar surface area (TPSA) is 74.2 Å². The van der Waals surface area contributed by atoms with E-state index in [4.69, 9.17) is 38.2 Å². The van der Waals surface area contributed by atoms with Gasteiger partial charge in [0.2, 0.25) is 0 Å². The van der Waals surface area contributed by atoms with Crippen LogP contribution < -0.4 is 5.73 Å². The second kappa shape index (κ2) is 5.56. The fraction of sp³-hybridized carbons (Fsp3) is 0.273. The van der Waals surface area contributed by atoms with E-state index in [1.165, 1.54) is 0 Å². The molecule has 18 heavy (non-hydrogen) atoms. The summed E-state index contributed by atoms with van der Waals surface area (Å²) >= 11 is 11.9. The molecule has 0 saturated carbocycles. The van der Waals surface area contributed by atoms with Gasteiger partial charge in [0.25, 0.3) is 5.89 Å². The summed E-state index contributed by atoms with van der Waals surface area (Å²) in [4.78, 5) is 4.17. The number of ether oxygens (including phenoxy) is 1. The van der Waals surface area contributed by atoms with E-state index in [1.807, 2.05) is 6.92 Å². The summed E-state index contributed by atoms with van der Waals surface area (Å²) in [6, 6.07) is 3.25. The molecular formula is C11H11Cl2N3O2. The van der Waals surface area contributed by atoms with Crippen LogP contribution in [0.25, 0.3) is 11.5 Å². The van der Waals surface area contributed by atoms with E-state index in [1.54, 1.807) is 12.1 Å². The summed E-state index contributed by atoms with van der Waals surface area (Å²) in [6.45, 7) is 2.78. The zero-order valence-corrected chi connectivity index (χ0v) is 11.1. The van der Waals surface area contributed by atoms with Crippen LogP contribution in [0, 0.1) is 0 Å². The van der Waals surface area contributed by atoms with Gasteiger partial charge in [-0.05, 0) is 19.1 Å². The van der Waals surface area contributed by atoms with Crippen molar-refractivity contribution in [1.82, 2.24) is 10.1 Å². The van der Waals surface area contributed by atoms with Crippen molar-refractivity contribution in [2.45, 2.75) is 13.5 Å². The van der Waals surface area contributed by atoms with Crippen molar-refractivity contribution in [3.8, 4) is 11.5 Å². The molecule has 1 aromatic heterocycles. The molecule has 0 radical (unpaired) electrons. The number of anilines is 1. The number of hydrogen-bond acceptors (Lipinski definition) is 5. The van der Waals surface area contributed by atoms with Gasteiger partial charge in [0, 0.05) is 12.2 Å². The Morgan fingerprint density at radius 1 is 1.33 bits per heavy atom. The number of benzene rings is 1. The maximum atomic E-state index is 5.94. The first-order chi connectivity index (χ1) is 8.61. The molecule has 2 rings (SSSR count). The third kappa shape index (κ3) is 2.75. The van der Waals surface area contributed by atoms with Gasteiger partial charge in [-0.2, -0.15) is 4.98 Å². The molecule has 0 aliphatic carbocycles. The molecule has 0 bridgehead atoms. The van der Waals surface area contributed by atoms with Crippen molar-refractivity contribution in [2.75, 3.05) is 12.3 Å². The molecule has 0 aliphatic rings. The highest BCUT2D eigenvalue weighted by Crippen LogP contribution is 2.32. The molecule has 0 fully saturated rings. The van der Waals surface area contributed by atoms with Crippen LogP contribution in [-0.4, -0.2) is 16.7 Å². The minimum absolute atomic E-state index is 0.302. The first-order valence-electron chi connectivity index (χ1n) is 5.27. The molecule has 0 amide bonds. The highest BCUT2D eigenvalue weighted by molar-refractivity contribution is 6.39. The van der Waals surface area contributed by atoms with Gasteiger partial charge in [-0.15, -0.1) is 0 Å². The molecule has 7 heteroatoms. The zero-order valence-electron chi connectivity index (χ0n) is 9.61. The second-order valence-electron chi connectivity index (χ2n) is 3.51. The molecule has 0 unspecified atom stereocenters. The quantitative estimate of drug-likeness (QED) is 0.875. The molecule has 2 N–H and O–H groups in total. The van der Waals surface area contributed by atoms with E-state index in [0.29, 0.717) is 46.2 Å². The third-order valence-corrected chi connectivity index (χ3v) is 2.85. The number of nitrogen functional groups attached to an aromatic ring is 1. The fourth-order valence-electron chi connectivity index (χ4n) is 1.33. The van der Waals surface area contributed by atoms with Crippen molar-refractivity contribution in [1.29, 1.82) is 0 Å². The van der Waals surface area contributed by atoms with Gasteiger partial charge in [0.05, 0.1) is 15.7 Å². The van der Waals surface area contributed by atoms with Crippen LogP contribution in [-0.2, 0) is 11.3 Å². The number of hydrogen-bond donors (Lipinski definition) is 1. The molecule has 0 saturated heterocycles. The number of rotatable bonds is 4. The molecule has 96 valence electrons. The molecule has 1 aromatic carbocycles. The van der Waals surface area contributed by atoms with Gasteiger partial charge < -0.3 is 15.0 Å². The van der Waals surface area contributed by atoms with Gasteiger partial charge >= 0.3 is 0 Å². The Hall–Kier alpha value is -1.30. The van der Waals surface area contributed by atoms with Crippen molar-refractivity contribution >= 4 is 28.9 Å². The Bertz CT molecular complexity index is 534. The van der Waals surface area contributed by atoms with E-state index in [9.17, 15) is 0 Å². The van der Waals surface area contributed by atoms with Gasteiger partial charge in [-0.1, -0.05) is 28.4 Å². The average Bonchev–Trinajstić information content (AvgIpc) is 2.81. The summed E-state index contributed by atoms with van der Waals surface area (Å²) < 4.78 is 10.3. The maximum Gasteiger partial charge on any atom is 0.258 e. The lowest BCUT2D eigenvalue weighted by Gasteiger charge is -2.02. The number of nitrogens with zero attached hydrogens (tertiary/aromatic N) is 2. The predicted molar refractivity (Wildman–Crippen MR) is 69.5 cm³/mol. The Labute approximate surface area is 114 Å². The zero-order chi connectivity index (χ0) is 13.1. The molecular weight excluding hydrogens is 277 g/mol. The van der Waals surface area contributed by atoms with Crippen molar-refractivity contribution in [2.24, 2.45) is 0 Å². The molecule has 2 aromatic rings. The maximum absolute atomic E-state index is 5.94. The smallest absolute Gasteiger partial charge is 0.258 e. The largest absolute Gasteiger partial charge is 0.396 e. The lowest BCUT2D eigenvalue weighted by molar-refractivity contribution is 0.126. The minimum atomic E-state index is 0.302. The number of aromatic nitrogens is 2. The third-order valence-electron chi connectivity index (χ3n) is 2.23. The van der Waals surface area contributed by atoms with Gasteiger partial charge in [0.15, 0.2) is 5.82 Å². The molecule has 0 spiro atoms. The predicted octanol–water partition coefficient (Wildman–Crippen LogP) is 3.16. The van der Waals surface area contributed by atoms with E-state index < -0.39 is 0 Å². The summed E-state index contributed by atoms with van der Waals surface area (Å²) in [5.74, 6) is 0.796. The first-order valence-corrected chi connectivity index (χ1v) is 6.02. The van der Waals surface area contributed by atoms with Crippen molar-refractivity contribution in [3.63, 3.8) is 0 Å². The highest BCUT2D eigenvalue weighted by Gasteiger charge is 2.12. The van der Waals surface area contributed by atoms with E-state index in [0.717, 1.165) is 0 Å². The Kier molecular flexibility index (Phi) is 4.06. The van der Waals surface area contributed by atoms with Crippen molar-refractivity contribution in [3.05, 3.63) is 28.0 Å². The SMILES string of the molecule is CCOCc1noc(-c2cc(Cl)c(N)c(Cl)c2)n1. The minimum Gasteiger partial charge on any atom is -0.396 e. The van der Waals surface area contributed by atoms with E-state index in [2.05, 4.69) is 10.1 Å². The van der Waals surface area contributed by atoms with Crippen LogP contribution in [0.2, 0.25) is 10.0 Å². The van der Waals surface area contributed by atoms with E-state index >= 15 is 0 Å². The first kappa shape index (κ1) is 13.1. The van der Waals surface area contributed by atoms with E-state index in [-0.39, 0.29) is 0 Å². The molecule has 5 nitrogen and oxygen atoms in total. The van der Waals surface area contributed by atoms with Crippen LogP contribution in [0.1, 0.15) is 12.7 Å². The lowest BCUT2D eigenvalue weighted by atomic mass is 10.2. The van der Waals surface area contributed by atoms with Crippen LogP contribution in [0.4, 0.5) is 5.69 Å². The molecule has 0 aliphatic heterocycles. The normalized spacial score (nSPS) is 10.8. The fourth-order valence-corrected chi connectivity index (χ4v) is 1.82. The number of nitrogens with two attached hydrogens (primary N) is 1. The Balaban J connectivity index is 2.28. The van der Waals surface area contributed by atoms with Gasteiger partial charge in [0.1, 0.15) is 6.61 Å². The second-order valence-corrected chi connectivity index (χ2v) is 4.32. The Morgan fingerprint density at radius 3 is 2.61 bits per heavy atom. The summed E-state index contributed by atoms with van der Waals surface area (Å²) in [5, 5.41) is 4.48. The summed E-state index contributed by atoms with van der Waals surface area (Å²) in [6.07, 6.45) is 0. The summed E-state index contributed by atoms with van der Waals surface area (Å²) in [5.41, 5.74) is 6.60. The van der Waals surface area contributed by atoms with Crippen LogP contribution >= 0.6 is 23.2 Å². The highest BCUT2D eigenvalue weighted by atomic mass is 35.5. The number of halogens is 2. The van der Waals surface area contributed by atoms with Gasteiger partial charge in [-0.25, -0.2) is 0 Å². The lowest BCUT2D eigenvalue weighted by Crippen LogP contribution is -1.93. The van der Waals surface area contributed by atoms with Gasteiger partial charge in [-0.3, -0.25) is 0 Å². The standard InChI is InChI=1S/C11H11Cl2N3O2/c1-2-17-5-9-15-11(18-16-9)6-3-7(12)10(14)8(13)4-6/h3-4H,2,5,14H2,1H3.